The normalized spacial score (nSPS) is 12.1. The van der Waals surface area contributed by atoms with Crippen LogP contribution in [0.2, 0.25) is 0 Å². The van der Waals surface area contributed by atoms with Crippen LogP contribution in [-0.2, 0) is 9.59 Å². The maximum Gasteiger partial charge on any atom is 0.226 e. The summed E-state index contributed by atoms with van der Waals surface area (Å²) in [6.45, 7) is 5.42. The van der Waals surface area contributed by atoms with Gasteiger partial charge in [0.05, 0.1) is 0 Å². The van der Waals surface area contributed by atoms with E-state index in [2.05, 4.69) is 10.6 Å². The lowest BCUT2D eigenvalue weighted by atomic mass is 10.2. The number of rotatable bonds is 5. The molecule has 0 aromatic heterocycles. The molecule has 2 amide bonds. The molecule has 1 aromatic carbocycles. The number of hydrogen-bond acceptors (Lipinski definition) is 3. The maximum absolute atomic E-state index is 11.6. The van der Waals surface area contributed by atoms with Gasteiger partial charge in [0, 0.05) is 29.8 Å². The summed E-state index contributed by atoms with van der Waals surface area (Å²) < 4.78 is 0. The Hall–Kier alpha value is -1.88. The third-order valence-corrected chi connectivity index (χ3v) is 2.45. The molecule has 1 aromatic rings. The SMILES string of the molecule is CC(N)CC(=O)Nc1cccc(NC(=O)C(C)C)c1. The molecule has 0 aliphatic rings. The zero-order valence-electron chi connectivity index (χ0n) is 11.6. The van der Waals surface area contributed by atoms with Crippen molar-refractivity contribution in [2.75, 3.05) is 10.6 Å². The number of nitrogens with one attached hydrogen (secondary N) is 2. The van der Waals surface area contributed by atoms with Gasteiger partial charge in [0.25, 0.3) is 0 Å². The van der Waals surface area contributed by atoms with Crippen molar-refractivity contribution in [1.29, 1.82) is 0 Å². The first-order valence-electron chi connectivity index (χ1n) is 6.35. The summed E-state index contributed by atoms with van der Waals surface area (Å²) in [5, 5.41) is 5.53. The molecule has 0 heterocycles. The Morgan fingerprint density at radius 2 is 1.74 bits per heavy atom. The summed E-state index contributed by atoms with van der Waals surface area (Å²) in [5.41, 5.74) is 6.87. The highest BCUT2D eigenvalue weighted by Gasteiger charge is 2.08. The molecule has 1 unspecified atom stereocenters. The van der Waals surface area contributed by atoms with Crippen molar-refractivity contribution < 1.29 is 9.59 Å². The van der Waals surface area contributed by atoms with Gasteiger partial charge in [0.15, 0.2) is 0 Å². The second-order valence-corrected chi connectivity index (χ2v) is 4.95. The number of benzene rings is 1. The fourth-order valence-electron chi connectivity index (χ4n) is 1.47. The average molecular weight is 263 g/mol. The Morgan fingerprint density at radius 3 is 2.26 bits per heavy atom. The largest absolute Gasteiger partial charge is 0.327 e. The first-order valence-corrected chi connectivity index (χ1v) is 6.35. The van der Waals surface area contributed by atoms with Gasteiger partial charge in [-0.1, -0.05) is 19.9 Å². The van der Waals surface area contributed by atoms with E-state index >= 15 is 0 Å². The minimum atomic E-state index is -0.177. The van der Waals surface area contributed by atoms with E-state index in [4.69, 9.17) is 5.73 Å². The van der Waals surface area contributed by atoms with Crippen molar-refractivity contribution in [3.63, 3.8) is 0 Å². The molecule has 1 atom stereocenters. The fourth-order valence-corrected chi connectivity index (χ4v) is 1.47. The van der Waals surface area contributed by atoms with Gasteiger partial charge < -0.3 is 16.4 Å². The molecule has 0 aliphatic carbocycles. The van der Waals surface area contributed by atoms with E-state index in [0.717, 1.165) is 0 Å². The lowest BCUT2D eigenvalue weighted by Gasteiger charge is -2.11. The molecule has 0 saturated carbocycles. The van der Waals surface area contributed by atoms with Crippen LogP contribution in [0.5, 0.6) is 0 Å². The van der Waals surface area contributed by atoms with Crippen molar-refractivity contribution in [2.45, 2.75) is 33.2 Å². The van der Waals surface area contributed by atoms with E-state index < -0.39 is 0 Å². The summed E-state index contributed by atoms with van der Waals surface area (Å²) in [5.74, 6) is -0.280. The Bertz CT molecular complexity index is 456. The van der Waals surface area contributed by atoms with Crippen LogP contribution in [0.1, 0.15) is 27.2 Å². The molecule has 5 heteroatoms. The van der Waals surface area contributed by atoms with Gasteiger partial charge in [-0.05, 0) is 25.1 Å². The van der Waals surface area contributed by atoms with E-state index in [0.29, 0.717) is 11.4 Å². The van der Waals surface area contributed by atoms with Crippen molar-refractivity contribution >= 4 is 23.2 Å². The molecule has 0 saturated heterocycles. The topological polar surface area (TPSA) is 84.2 Å². The Balaban J connectivity index is 2.67. The molecule has 0 radical (unpaired) electrons. The molecular weight excluding hydrogens is 242 g/mol. The molecule has 4 N–H and O–H groups in total. The lowest BCUT2D eigenvalue weighted by Crippen LogP contribution is -2.24. The minimum absolute atomic E-state index is 0.0564. The highest BCUT2D eigenvalue weighted by Crippen LogP contribution is 2.16. The molecule has 0 spiro atoms. The Kier molecular flexibility index (Phi) is 5.51. The molecule has 0 bridgehead atoms. The predicted molar refractivity (Wildman–Crippen MR) is 76.8 cm³/mol. The van der Waals surface area contributed by atoms with Gasteiger partial charge in [0.1, 0.15) is 0 Å². The number of carbonyl (C=O) groups is 2. The standard InChI is InChI=1S/C14H21N3O2/c1-9(2)14(19)17-12-6-4-5-11(8-12)16-13(18)7-10(3)15/h4-6,8-10H,7,15H2,1-3H3,(H,16,18)(H,17,19). The van der Waals surface area contributed by atoms with Crippen LogP contribution < -0.4 is 16.4 Å². The molecule has 104 valence electrons. The third-order valence-electron chi connectivity index (χ3n) is 2.45. The van der Waals surface area contributed by atoms with Crippen LogP contribution in [0, 0.1) is 5.92 Å². The van der Waals surface area contributed by atoms with E-state index in [9.17, 15) is 9.59 Å². The van der Waals surface area contributed by atoms with E-state index in [1.165, 1.54) is 0 Å². The summed E-state index contributed by atoms with van der Waals surface area (Å²) >= 11 is 0. The summed E-state index contributed by atoms with van der Waals surface area (Å²) in [6, 6.07) is 6.87. The number of hydrogen-bond donors (Lipinski definition) is 3. The van der Waals surface area contributed by atoms with Crippen LogP contribution in [0.3, 0.4) is 0 Å². The molecule has 19 heavy (non-hydrogen) atoms. The molecular formula is C14H21N3O2. The number of nitrogens with two attached hydrogens (primary N) is 1. The number of amides is 2. The Labute approximate surface area is 113 Å². The monoisotopic (exact) mass is 263 g/mol. The van der Waals surface area contributed by atoms with Crippen LogP contribution in [0.25, 0.3) is 0 Å². The second kappa shape index (κ2) is 6.89. The second-order valence-electron chi connectivity index (χ2n) is 4.95. The summed E-state index contributed by atoms with van der Waals surface area (Å²) in [6.07, 6.45) is 0.266. The molecule has 1 rings (SSSR count). The molecule has 5 nitrogen and oxygen atoms in total. The maximum atomic E-state index is 11.6. The Morgan fingerprint density at radius 1 is 1.16 bits per heavy atom. The first-order chi connectivity index (χ1) is 8.88. The summed E-state index contributed by atoms with van der Waals surface area (Å²) in [4.78, 5) is 23.2. The lowest BCUT2D eigenvalue weighted by molar-refractivity contribution is -0.119. The minimum Gasteiger partial charge on any atom is -0.327 e. The van der Waals surface area contributed by atoms with E-state index in [1.54, 1.807) is 31.2 Å². The van der Waals surface area contributed by atoms with Crippen molar-refractivity contribution in [1.82, 2.24) is 0 Å². The van der Waals surface area contributed by atoms with Gasteiger partial charge >= 0.3 is 0 Å². The zero-order chi connectivity index (χ0) is 14.4. The number of carbonyl (C=O) groups excluding carboxylic acids is 2. The average Bonchev–Trinajstić information content (AvgIpc) is 2.27. The van der Waals surface area contributed by atoms with Crippen molar-refractivity contribution in [3.8, 4) is 0 Å². The fraction of sp³-hybridized carbons (Fsp3) is 0.429. The van der Waals surface area contributed by atoms with Crippen molar-refractivity contribution in [3.05, 3.63) is 24.3 Å². The molecule has 0 aliphatic heterocycles. The predicted octanol–water partition coefficient (Wildman–Crippen LogP) is 1.96. The summed E-state index contributed by atoms with van der Waals surface area (Å²) in [7, 11) is 0. The van der Waals surface area contributed by atoms with Gasteiger partial charge in [-0.15, -0.1) is 0 Å². The smallest absolute Gasteiger partial charge is 0.226 e. The van der Waals surface area contributed by atoms with Crippen LogP contribution >= 0.6 is 0 Å². The molecule has 0 fully saturated rings. The van der Waals surface area contributed by atoms with Gasteiger partial charge in [-0.25, -0.2) is 0 Å². The van der Waals surface area contributed by atoms with Gasteiger partial charge in [-0.3, -0.25) is 9.59 Å². The van der Waals surface area contributed by atoms with Gasteiger partial charge in [0.2, 0.25) is 11.8 Å². The van der Waals surface area contributed by atoms with Crippen LogP contribution in [0.4, 0.5) is 11.4 Å². The third kappa shape index (κ3) is 5.52. The van der Waals surface area contributed by atoms with Crippen LogP contribution in [0.15, 0.2) is 24.3 Å². The van der Waals surface area contributed by atoms with Gasteiger partial charge in [-0.2, -0.15) is 0 Å². The first kappa shape index (κ1) is 15.2. The number of anilines is 2. The zero-order valence-corrected chi connectivity index (χ0v) is 11.6. The van der Waals surface area contributed by atoms with E-state index in [1.807, 2.05) is 13.8 Å². The van der Waals surface area contributed by atoms with Crippen molar-refractivity contribution in [2.24, 2.45) is 11.7 Å². The van der Waals surface area contributed by atoms with E-state index in [-0.39, 0.29) is 30.2 Å². The highest BCUT2D eigenvalue weighted by molar-refractivity contribution is 5.94. The quantitative estimate of drug-likeness (QED) is 0.759. The highest BCUT2D eigenvalue weighted by atomic mass is 16.2. The van der Waals surface area contributed by atoms with Crippen LogP contribution in [-0.4, -0.2) is 17.9 Å².